The van der Waals surface area contributed by atoms with Crippen molar-refractivity contribution in [3.8, 4) is 0 Å². The minimum atomic E-state index is -0.368. The Kier molecular flexibility index (Phi) is 6.78. The molecule has 1 atom stereocenters. The first kappa shape index (κ1) is 23.1. The maximum atomic E-state index is 13.4. The van der Waals surface area contributed by atoms with Gasteiger partial charge in [0, 0.05) is 16.7 Å². The summed E-state index contributed by atoms with van der Waals surface area (Å²) in [6, 6.07) is 16.9. The third-order valence-corrected chi connectivity index (χ3v) is 6.84. The molecule has 1 aromatic carbocycles. The summed E-state index contributed by atoms with van der Waals surface area (Å²) < 4.78 is 11.6. The van der Waals surface area contributed by atoms with Gasteiger partial charge >= 0.3 is 0 Å². The number of benzene rings is 1. The molecule has 0 fully saturated rings. The molecule has 180 valence electrons. The lowest BCUT2D eigenvalue weighted by molar-refractivity contribution is -0.135. The molecule has 0 saturated heterocycles. The second kappa shape index (κ2) is 10.3. The van der Waals surface area contributed by atoms with Gasteiger partial charge in [0.05, 0.1) is 25.9 Å². The van der Waals surface area contributed by atoms with Crippen molar-refractivity contribution in [2.75, 3.05) is 19.6 Å². The molecule has 1 N–H and O–H groups in total. The summed E-state index contributed by atoms with van der Waals surface area (Å²) in [5.41, 5.74) is 1.46. The van der Waals surface area contributed by atoms with Crippen LogP contribution in [0.4, 0.5) is 0 Å². The van der Waals surface area contributed by atoms with Crippen molar-refractivity contribution in [2.45, 2.75) is 25.9 Å². The average molecular weight is 491 g/mol. The summed E-state index contributed by atoms with van der Waals surface area (Å²) >= 11 is 1.59. The highest BCUT2D eigenvalue weighted by Gasteiger charge is 2.36. The molecule has 9 heteroatoms. The van der Waals surface area contributed by atoms with E-state index in [4.69, 9.17) is 8.83 Å². The Labute approximate surface area is 206 Å². The monoisotopic (exact) mass is 490 g/mol. The van der Waals surface area contributed by atoms with Gasteiger partial charge in [0.2, 0.25) is 5.91 Å². The van der Waals surface area contributed by atoms with E-state index in [1.54, 1.807) is 28.6 Å². The first-order chi connectivity index (χ1) is 17.1. The zero-order chi connectivity index (χ0) is 24.2. The van der Waals surface area contributed by atoms with Gasteiger partial charge in [0.25, 0.3) is 5.91 Å². The number of amides is 2. The fourth-order valence-corrected chi connectivity index (χ4v) is 4.76. The second-order valence-corrected chi connectivity index (χ2v) is 9.36. The van der Waals surface area contributed by atoms with Crippen molar-refractivity contribution in [3.63, 3.8) is 0 Å². The van der Waals surface area contributed by atoms with Crippen LogP contribution in [0.15, 0.2) is 80.2 Å². The molecule has 0 bridgehead atoms. The largest absolute Gasteiger partial charge is 0.467 e. The third-order valence-electron chi connectivity index (χ3n) is 5.96. The normalized spacial score (nSPS) is 15.7. The van der Waals surface area contributed by atoms with Gasteiger partial charge in [-0.3, -0.25) is 14.5 Å². The molecule has 0 spiro atoms. The van der Waals surface area contributed by atoms with Crippen LogP contribution in [0.2, 0.25) is 0 Å². The molecular formula is C26H26N4O4S. The van der Waals surface area contributed by atoms with E-state index in [2.05, 4.69) is 10.4 Å². The number of carbonyl (C=O) groups excluding carboxylic acids is 2. The Morgan fingerprint density at radius 3 is 2.80 bits per heavy atom. The maximum absolute atomic E-state index is 13.4. The number of nitrogens with zero attached hydrogens (tertiary/aromatic N) is 3. The molecule has 4 heterocycles. The van der Waals surface area contributed by atoms with Crippen LogP contribution in [0.3, 0.4) is 0 Å². The zero-order valence-corrected chi connectivity index (χ0v) is 20.2. The highest BCUT2D eigenvalue weighted by atomic mass is 32.1. The average Bonchev–Trinajstić information content (AvgIpc) is 3.67. The number of likely N-dealkylation sites (N-methyl/N-ethyl adjacent to an activating group) is 1. The van der Waals surface area contributed by atoms with Gasteiger partial charge in [-0.25, -0.2) is 5.01 Å². The lowest BCUT2D eigenvalue weighted by Crippen LogP contribution is -2.43. The van der Waals surface area contributed by atoms with E-state index in [9.17, 15) is 9.59 Å². The Bertz CT molecular complexity index is 1290. The van der Waals surface area contributed by atoms with Crippen LogP contribution in [0.1, 0.15) is 35.8 Å². The zero-order valence-electron chi connectivity index (χ0n) is 19.3. The minimum Gasteiger partial charge on any atom is -0.467 e. The van der Waals surface area contributed by atoms with E-state index < -0.39 is 0 Å². The summed E-state index contributed by atoms with van der Waals surface area (Å²) in [5, 5.41) is 12.0. The van der Waals surface area contributed by atoms with Gasteiger partial charge in [0.1, 0.15) is 23.1 Å². The Balaban J connectivity index is 1.30. The molecule has 8 nitrogen and oxygen atoms in total. The van der Waals surface area contributed by atoms with Crippen LogP contribution in [0, 0.1) is 0 Å². The maximum Gasteiger partial charge on any atom is 0.257 e. The Hall–Kier alpha value is -3.69. The van der Waals surface area contributed by atoms with Crippen molar-refractivity contribution >= 4 is 39.8 Å². The SMILES string of the molecule is CCN(CC(=O)NCc1cccs1)CC(=O)N1N=C(c2cc3ccccc3o2)CC1c1ccco1. The number of carbonyl (C=O) groups is 2. The first-order valence-corrected chi connectivity index (χ1v) is 12.4. The van der Waals surface area contributed by atoms with Crippen molar-refractivity contribution in [2.24, 2.45) is 5.10 Å². The van der Waals surface area contributed by atoms with E-state index in [0.717, 1.165) is 15.8 Å². The summed E-state index contributed by atoms with van der Waals surface area (Å²) in [4.78, 5) is 28.7. The molecule has 4 aromatic rings. The molecule has 1 unspecified atom stereocenters. The van der Waals surface area contributed by atoms with Crippen LogP contribution in [0.5, 0.6) is 0 Å². The number of rotatable bonds is 9. The van der Waals surface area contributed by atoms with Crippen molar-refractivity contribution in [1.82, 2.24) is 15.2 Å². The van der Waals surface area contributed by atoms with Crippen LogP contribution in [0.25, 0.3) is 11.0 Å². The topological polar surface area (TPSA) is 91.3 Å². The standard InChI is InChI=1S/C26H26N4O4S/c1-2-29(16-25(31)27-15-19-8-6-12-35-19)17-26(32)30-21(23-10-5-11-33-23)14-20(28-30)24-13-18-7-3-4-9-22(18)34-24/h3-13,21H,2,14-17H2,1H3,(H,27,31). The number of nitrogens with one attached hydrogen (secondary N) is 1. The fourth-order valence-electron chi connectivity index (χ4n) is 4.12. The molecule has 0 aliphatic carbocycles. The van der Waals surface area contributed by atoms with Gasteiger partial charge in [-0.15, -0.1) is 11.3 Å². The van der Waals surface area contributed by atoms with Crippen LogP contribution in [-0.2, 0) is 16.1 Å². The lowest BCUT2D eigenvalue weighted by Gasteiger charge is -2.24. The highest BCUT2D eigenvalue weighted by molar-refractivity contribution is 7.09. The Morgan fingerprint density at radius 1 is 1.17 bits per heavy atom. The predicted molar refractivity (Wildman–Crippen MR) is 134 cm³/mol. The lowest BCUT2D eigenvalue weighted by atomic mass is 10.1. The predicted octanol–water partition coefficient (Wildman–Crippen LogP) is 4.40. The highest BCUT2D eigenvalue weighted by Crippen LogP contribution is 2.34. The molecule has 0 radical (unpaired) electrons. The molecule has 5 rings (SSSR count). The summed E-state index contributed by atoms with van der Waals surface area (Å²) in [6.45, 7) is 3.17. The molecule has 2 amide bonds. The van der Waals surface area contributed by atoms with E-state index in [-0.39, 0.29) is 30.9 Å². The van der Waals surface area contributed by atoms with Gasteiger partial charge in [-0.05, 0) is 42.3 Å². The van der Waals surface area contributed by atoms with E-state index in [1.807, 2.05) is 60.8 Å². The van der Waals surface area contributed by atoms with E-state index in [1.165, 1.54) is 5.01 Å². The van der Waals surface area contributed by atoms with Crippen molar-refractivity contribution in [1.29, 1.82) is 0 Å². The Morgan fingerprint density at radius 2 is 2.06 bits per heavy atom. The smallest absolute Gasteiger partial charge is 0.257 e. The summed E-state index contributed by atoms with van der Waals surface area (Å²) in [5.74, 6) is 0.970. The number of para-hydroxylation sites is 1. The molecule has 0 saturated carbocycles. The third kappa shape index (κ3) is 5.21. The van der Waals surface area contributed by atoms with Crippen LogP contribution >= 0.6 is 11.3 Å². The summed E-state index contributed by atoms with van der Waals surface area (Å²) in [7, 11) is 0. The van der Waals surface area contributed by atoms with Gasteiger partial charge in [-0.1, -0.05) is 31.2 Å². The van der Waals surface area contributed by atoms with Crippen molar-refractivity contribution < 1.29 is 18.4 Å². The number of furan rings is 2. The number of hydrazone groups is 1. The number of hydrogen-bond acceptors (Lipinski definition) is 7. The number of fused-ring (bicyclic) bond motifs is 1. The van der Waals surface area contributed by atoms with Gasteiger partial charge in [-0.2, -0.15) is 5.10 Å². The quantitative estimate of drug-likeness (QED) is 0.375. The molecule has 35 heavy (non-hydrogen) atoms. The number of hydrogen-bond donors (Lipinski definition) is 1. The number of thiophene rings is 1. The van der Waals surface area contributed by atoms with E-state index in [0.29, 0.717) is 36.7 Å². The van der Waals surface area contributed by atoms with Crippen LogP contribution < -0.4 is 5.32 Å². The van der Waals surface area contributed by atoms with Gasteiger partial charge in [0.15, 0.2) is 5.76 Å². The van der Waals surface area contributed by atoms with Gasteiger partial charge < -0.3 is 14.2 Å². The second-order valence-electron chi connectivity index (χ2n) is 8.33. The van der Waals surface area contributed by atoms with Crippen LogP contribution in [-0.4, -0.2) is 47.1 Å². The first-order valence-electron chi connectivity index (χ1n) is 11.5. The minimum absolute atomic E-state index is 0.0665. The van der Waals surface area contributed by atoms with E-state index >= 15 is 0 Å². The molecule has 1 aliphatic rings. The molecule has 1 aliphatic heterocycles. The molecular weight excluding hydrogens is 464 g/mol. The fraction of sp³-hybridized carbons (Fsp3) is 0.269. The van der Waals surface area contributed by atoms with Crippen molar-refractivity contribution in [3.05, 3.63) is 82.6 Å². The molecule has 3 aromatic heterocycles. The summed E-state index contributed by atoms with van der Waals surface area (Å²) in [6.07, 6.45) is 2.07.